The zero-order chi connectivity index (χ0) is 26.9. The number of rotatable bonds is 6. The Balaban J connectivity index is 1.76. The molecule has 0 atom stereocenters. The van der Waals surface area contributed by atoms with Gasteiger partial charge in [0.25, 0.3) is 10.0 Å². The molecule has 0 N–H and O–H groups in total. The summed E-state index contributed by atoms with van der Waals surface area (Å²) in [5.41, 5.74) is 0.177. The average Bonchev–Trinajstić information content (AvgIpc) is 2.92. The second-order valence-corrected chi connectivity index (χ2v) is 9.85. The van der Waals surface area contributed by atoms with Gasteiger partial charge in [-0.2, -0.15) is 5.26 Å². The molecule has 3 aromatic carbocycles. The van der Waals surface area contributed by atoms with E-state index in [0.717, 1.165) is 21.8 Å². The van der Waals surface area contributed by atoms with Crippen molar-refractivity contribution in [3.63, 3.8) is 0 Å². The summed E-state index contributed by atoms with van der Waals surface area (Å²) in [6, 6.07) is 15.1. The van der Waals surface area contributed by atoms with Gasteiger partial charge >= 0.3 is 0 Å². The molecule has 188 valence electrons. The molecule has 38 heavy (non-hydrogen) atoms. The molecule has 11 heteroatoms. The topological polar surface area (TPSA) is 109 Å². The summed E-state index contributed by atoms with van der Waals surface area (Å²) < 4.78 is 62.6. The van der Waals surface area contributed by atoms with Crippen molar-refractivity contribution < 1.29 is 21.9 Å². The molecule has 5 rings (SSSR count). The Morgan fingerprint density at radius 1 is 0.921 bits per heavy atom. The van der Waals surface area contributed by atoms with E-state index in [-0.39, 0.29) is 38.8 Å². The van der Waals surface area contributed by atoms with Gasteiger partial charge in [-0.1, -0.05) is 6.07 Å². The maximum Gasteiger partial charge on any atom is 0.270 e. The third-order valence-corrected chi connectivity index (χ3v) is 7.47. The number of fused-ring (bicyclic) bond motifs is 1. The number of pyridine rings is 1. The van der Waals surface area contributed by atoms with Gasteiger partial charge in [-0.05, 0) is 53.4 Å². The molecule has 0 aliphatic carbocycles. The molecule has 0 saturated heterocycles. The standard InChI is InChI=1S/C27H17F2N5O3S/c1-37-26-13-24(19-8-21(28)12-22(29)9-19)20(14-30)11-25(26)34(27-5-7-32-16-33-27)38(35,36)23-3-2-18-15-31-6-4-17(18)10-23/h2-13,15-16H,1H3. The molecule has 2 aromatic heterocycles. The highest BCUT2D eigenvalue weighted by Crippen LogP contribution is 2.42. The number of nitrogens with zero attached hydrogens (tertiary/aromatic N) is 5. The summed E-state index contributed by atoms with van der Waals surface area (Å²) in [6.07, 6.45) is 5.73. The van der Waals surface area contributed by atoms with Crippen molar-refractivity contribution in [2.45, 2.75) is 4.90 Å². The van der Waals surface area contributed by atoms with Gasteiger partial charge in [-0.3, -0.25) is 4.98 Å². The van der Waals surface area contributed by atoms with E-state index < -0.39 is 21.7 Å². The van der Waals surface area contributed by atoms with Crippen molar-refractivity contribution in [1.82, 2.24) is 15.0 Å². The molecule has 2 heterocycles. The summed E-state index contributed by atoms with van der Waals surface area (Å²) in [4.78, 5) is 12.0. The van der Waals surface area contributed by atoms with Crippen LogP contribution in [0.1, 0.15) is 5.56 Å². The summed E-state index contributed by atoms with van der Waals surface area (Å²) in [5, 5.41) is 11.3. The van der Waals surface area contributed by atoms with Gasteiger partial charge in [0.1, 0.15) is 29.4 Å². The molecule has 5 aromatic rings. The Hall–Kier alpha value is -4.95. The number of nitriles is 1. The molecule has 0 fully saturated rings. The molecule has 0 unspecified atom stereocenters. The molecule has 0 aliphatic heterocycles. The third kappa shape index (κ3) is 4.49. The Morgan fingerprint density at radius 3 is 2.37 bits per heavy atom. The first-order valence-corrected chi connectivity index (χ1v) is 12.5. The Bertz CT molecular complexity index is 1810. The quantitative estimate of drug-likeness (QED) is 0.291. The van der Waals surface area contributed by atoms with E-state index in [1.54, 1.807) is 24.5 Å². The zero-order valence-electron chi connectivity index (χ0n) is 19.7. The van der Waals surface area contributed by atoms with E-state index in [2.05, 4.69) is 15.0 Å². The van der Waals surface area contributed by atoms with Crippen LogP contribution in [-0.4, -0.2) is 30.5 Å². The lowest BCUT2D eigenvalue weighted by atomic mass is 9.98. The number of ether oxygens (including phenoxy) is 1. The molecule has 0 radical (unpaired) electrons. The molecule has 0 bridgehead atoms. The first kappa shape index (κ1) is 24.7. The van der Waals surface area contributed by atoms with E-state index in [4.69, 9.17) is 4.74 Å². The Labute approximate surface area is 216 Å². The van der Waals surface area contributed by atoms with E-state index in [1.165, 1.54) is 50.0 Å². The molecular formula is C27H17F2N5O3S. The average molecular weight is 530 g/mol. The van der Waals surface area contributed by atoms with Crippen molar-refractivity contribution in [3.8, 4) is 22.9 Å². The highest BCUT2D eigenvalue weighted by Gasteiger charge is 2.31. The van der Waals surface area contributed by atoms with Crippen molar-refractivity contribution in [2.24, 2.45) is 0 Å². The Kier molecular flexibility index (Phi) is 6.40. The van der Waals surface area contributed by atoms with Crippen LogP contribution in [0.15, 0.2) is 90.5 Å². The van der Waals surface area contributed by atoms with Crippen LogP contribution in [0.25, 0.3) is 21.9 Å². The lowest BCUT2D eigenvalue weighted by Crippen LogP contribution is -2.27. The molecule has 0 aliphatic rings. The van der Waals surface area contributed by atoms with Crippen molar-refractivity contribution >= 4 is 32.3 Å². The summed E-state index contributed by atoms with van der Waals surface area (Å²) in [7, 11) is -3.02. The van der Waals surface area contributed by atoms with Crippen LogP contribution in [0, 0.1) is 23.0 Å². The fourth-order valence-corrected chi connectivity index (χ4v) is 5.52. The summed E-state index contributed by atoms with van der Waals surface area (Å²) in [5.74, 6) is -1.65. The van der Waals surface area contributed by atoms with Gasteiger partial charge < -0.3 is 4.74 Å². The third-order valence-electron chi connectivity index (χ3n) is 5.76. The lowest BCUT2D eigenvalue weighted by Gasteiger charge is -2.26. The van der Waals surface area contributed by atoms with Crippen molar-refractivity contribution in [3.05, 3.63) is 103 Å². The number of halogens is 2. The number of aromatic nitrogens is 3. The SMILES string of the molecule is COc1cc(-c2cc(F)cc(F)c2)c(C#N)cc1N(c1ccncn1)S(=O)(=O)c1ccc2cnccc2c1. The van der Waals surface area contributed by atoms with Gasteiger partial charge in [0.15, 0.2) is 5.82 Å². The van der Waals surface area contributed by atoms with Crippen LogP contribution < -0.4 is 9.04 Å². The number of anilines is 2. The summed E-state index contributed by atoms with van der Waals surface area (Å²) in [6.45, 7) is 0. The van der Waals surface area contributed by atoms with Crippen LogP contribution in [-0.2, 0) is 10.0 Å². The van der Waals surface area contributed by atoms with Crippen LogP contribution in [0.4, 0.5) is 20.3 Å². The van der Waals surface area contributed by atoms with E-state index in [9.17, 15) is 22.5 Å². The van der Waals surface area contributed by atoms with Gasteiger partial charge in [0, 0.05) is 41.7 Å². The van der Waals surface area contributed by atoms with Crippen LogP contribution in [0.5, 0.6) is 5.75 Å². The second-order valence-electron chi connectivity index (χ2n) is 8.06. The first-order chi connectivity index (χ1) is 18.3. The van der Waals surface area contributed by atoms with Gasteiger partial charge in [0.05, 0.1) is 23.6 Å². The largest absolute Gasteiger partial charge is 0.495 e. The number of sulfonamides is 1. The molecule has 0 saturated carbocycles. The number of benzene rings is 3. The van der Waals surface area contributed by atoms with Gasteiger partial charge in [0.2, 0.25) is 0 Å². The zero-order valence-corrected chi connectivity index (χ0v) is 20.5. The van der Waals surface area contributed by atoms with E-state index in [1.807, 2.05) is 6.07 Å². The highest BCUT2D eigenvalue weighted by molar-refractivity contribution is 7.93. The maximum atomic E-state index is 14.1. The maximum absolute atomic E-state index is 14.1. The van der Waals surface area contributed by atoms with E-state index in [0.29, 0.717) is 11.5 Å². The minimum absolute atomic E-state index is 0.0124. The molecule has 8 nitrogen and oxygen atoms in total. The predicted molar refractivity (Wildman–Crippen MR) is 136 cm³/mol. The fraction of sp³-hybridized carbons (Fsp3) is 0.0370. The Morgan fingerprint density at radius 2 is 1.68 bits per heavy atom. The summed E-state index contributed by atoms with van der Waals surface area (Å²) >= 11 is 0. The molecule has 0 spiro atoms. The smallest absolute Gasteiger partial charge is 0.270 e. The normalized spacial score (nSPS) is 11.2. The van der Waals surface area contributed by atoms with Crippen molar-refractivity contribution in [1.29, 1.82) is 5.26 Å². The monoisotopic (exact) mass is 529 g/mol. The minimum Gasteiger partial charge on any atom is -0.495 e. The molecule has 0 amide bonds. The second kappa shape index (κ2) is 9.84. The van der Waals surface area contributed by atoms with Crippen LogP contribution in [0.2, 0.25) is 0 Å². The minimum atomic E-state index is -4.33. The van der Waals surface area contributed by atoms with E-state index >= 15 is 0 Å². The van der Waals surface area contributed by atoms with Gasteiger partial charge in [-0.15, -0.1) is 0 Å². The fourth-order valence-electron chi connectivity index (χ4n) is 4.04. The number of hydrogen-bond donors (Lipinski definition) is 0. The van der Waals surface area contributed by atoms with Crippen LogP contribution in [0.3, 0.4) is 0 Å². The van der Waals surface area contributed by atoms with Crippen LogP contribution >= 0.6 is 0 Å². The predicted octanol–water partition coefficient (Wildman–Crippen LogP) is 5.38. The lowest BCUT2D eigenvalue weighted by molar-refractivity contribution is 0.416. The van der Waals surface area contributed by atoms with Crippen molar-refractivity contribution in [2.75, 3.05) is 11.4 Å². The molecular weight excluding hydrogens is 512 g/mol. The highest BCUT2D eigenvalue weighted by atomic mass is 32.2. The van der Waals surface area contributed by atoms with Gasteiger partial charge in [-0.25, -0.2) is 31.5 Å². The number of hydrogen-bond acceptors (Lipinski definition) is 7. The first-order valence-electron chi connectivity index (χ1n) is 11.1. The number of methoxy groups -OCH3 is 1.